The molecule has 1 aliphatic rings. The fourth-order valence-corrected chi connectivity index (χ4v) is 5.14. The highest BCUT2D eigenvalue weighted by atomic mass is 32.2. The summed E-state index contributed by atoms with van der Waals surface area (Å²) in [6, 6.07) is 12.1. The molecule has 1 aromatic heterocycles. The van der Waals surface area contributed by atoms with Crippen LogP contribution in [0.3, 0.4) is 0 Å². The van der Waals surface area contributed by atoms with Gasteiger partial charge < -0.3 is 19.3 Å². The Labute approximate surface area is 215 Å². The summed E-state index contributed by atoms with van der Waals surface area (Å²) in [4.78, 5) is 30.2. The van der Waals surface area contributed by atoms with Crippen LogP contribution in [-0.4, -0.2) is 53.3 Å². The number of nitrogens with zero attached hydrogens (tertiary/aromatic N) is 1. The summed E-state index contributed by atoms with van der Waals surface area (Å²) >= 11 is 0. The van der Waals surface area contributed by atoms with E-state index in [9.17, 15) is 18.2 Å². The number of Topliss-reactive ketones (excluding diaryl/α,β-unsaturated/α-hetero) is 2. The molecule has 0 amide bonds. The van der Waals surface area contributed by atoms with E-state index < -0.39 is 16.6 Å². The molecule has 3 aromatic rings. The van der Waals surface area contributed by atoms with Crippen LogP contribution in [0.2, 0.25) is 0 Å². The average Bonchev–Trinajstić information content (AvgIpc) is 3.26. The largest absolute Gasteiger partial charge is 0.494 e. The molecule has 0 radical (unpaired) electrons. The second kappa shape index (κ2) is 11.4. The van der Waals surface area contributed by atoms with E-state index in [0.29, 0.717) is 33.9 Å². The Kier molecular flexibility index (Phi) is 8.10. The van der Waals surface area contributed by atoms with Crippen LogP contribution in [0.5, 0.6) is 17.2 Å². The van der Waals surface area contributed by atoms with Crippen LogP contribution >= 0.6 is 0 Å². The predicted molar refractivity (Wildman–Crippen MR) is 134 cm³/mol. The van der Waals surface area contributed by atoms with Crippen molar-refractivity contribution in [1.29, 1.82) is 0 Å². The lowest BCUT2D eigenvalue weighted by Crippen LogP contribution is -2.09. The third kappa shape index (κ3) is 5.45. The number of hydrogen-bond donors (Lipinski definition) is 1. The van der Waals surface area contributed by atoms with Crippen LogP contribution in [0, 0.1) is 5.82 Å². The van der Waals surface area contributed by atoms with Gasteiger partial charge >= 0.3 is 0 Å². The molecule has 2 aromatic carbocycles. The molecule has 1 N–H and O–H groups in total. The first-order chi connectivity index (χ1) is 17.9. The fraction of sp³-hybridized carbons (Fsp3) is 0.222. The van der Waals surface area contributed by atoms with Crippen molar-refractivity contribution in [3.05, 3.63) is 82.3 Å². The number of hydrogen-bond acceptors (Lipinski definition) is 8. The van der Waals surface area contributed by atoms with Crippen LogP contribution in [0.25, 0.3) is 5.57 Å². The van der Waals surface area contributed by atoms with E-state index in [1.54, 1.807) is 24.3 Å². The van der Waals surface area contributed by atoms with Gasteiger partial charge in [-0.3, -0.25) is 9.59 Å². The number of halogens is 1. The number of carbonyl (C=O) groups excluding carboxylic acids is 2. The van der Waals surface area contributed by atoms with Gasteiger partial charge in [0.25, 0.3) is 0 Å². The monoisotopic (exact) mass is 525 g/mol. The quantitative estimate of drug-likeness (QED) is 0.375. The van der Waals surface area contributed by atoms with Crippen LogP contribution in [0.1, 0.15) is 44.9 Å². The molecule has 0 bridgehead atoms. The van der Waals surface area contributed by atoms with Gasteiger partial charge in [-0.1, -0.05) is 12.1 Å². The number of rotatable bonds is 11. The number of carbonyl (C=O) groups is 2. The van der Waals surface area contributed by atoms with Crippen molar-refractivity contribution in [2.24, 2.45) is 0 Å². The van der Waals surface area contributed by atoms with Crippen molar-refractivity contribution < 1.29 is 37.5 Å². The molecule has 1 unspecified atom stereocenters. The number of aliphatic hydroxyl groups is 1. The van der Waals surface area contributed by atoms with Gasteiger partial charge in [0.05, 0.1) is 36.5 Å². The number of methoxy groups -OCH3 is 2. The molecule has 0 saturated carbocycles. The Hall–Kier alpha value is -3.89. The Balaban J connectivity index is 1.52. The van der Waals surface area contributed by atoms with E-state index in [1.807, 2.05) is 0 Å². The van der Waals surface area contributed by atoms with Crippen molar-refractivity contribution in [3.63, 3.8) is 0 Å². The average molecular weight is 526 g/mol. The molecule has 10 heteroatoms. The molecule has 0 fully saturated rings. The molecule has 2 heterocycles. The highest BCUT2D eigenvalue weighted by Gasteiger charge is 2.28. The topological polar surface area (TPSA) is 112 Å². The fourth-order valence-electron chi connectivity index (χ4n) is 3.91. The van der Waals surface area contributed by atoms with Crippen molar-refractivity contribution in [3.8, 4) is 17.2 Å². The molecular formula is C27H24FNO7S. The second-order valence-corrected chi connectivity index (χ2v) is 9.22. The van der Waals surface area contributed by atoms with Crippen molar-refractivity contribution in [2.45, 2.75) is 17.7 Å². The Morgan fingerprint density at radius 3 is 2.43 bits per heavy atom. The number of aromatic nitrogens is 1. The van der Waals surface area contributed by atoms with Gasteiger partial charge in [-0.05, 0) is 36.4 Å². The highest BCUT2D eigenvalue weighted by molar-refractivity contribution is 7.88. The summed E-state index contributed by atoms with van der Waals surface area (Å²) in [6.07, 6.45) is -0.165. The number of pyridine rings is 1. The van der Waals surface area contributed by atoms with Crippen LogP contribution in [-0.2, 0) is 10.8 Å². The summed E-state index contributed by atoms with van der Waals surface area (Å²) in [5.74, 6) is -0.160. The zero-order valence-corrected chi connectivity index (χ0v) is 21.0. The van der Waals surface area contributed by atoms with Crippen molar-refractivity contribution >= 4 is 27.9 Å². The number of benzene rings is 2. The zero-order valence-electron chi connectivity index (χ0n) is 20.2. The molecular weight excluding hydrogens is 501 g/mol. The molecule has 192 valence electrons. The standard InChI is InChI=1S/C27H24FNO7S/c1-34-24-11-7-20(29-26(24)18-15-37(33)27-17(18)4-3-5-19(27)28)22(32)9-8-21(31)16-6-10-23(36-13-12-30)25(14-16)35-2/h3-7,10-11,14-15,30H,8-9,12-13H2,1-2H3. The van der Waals surface area contributed by atoms with E-state index in [0.717, 1.165) is 0 Å². The summed E-state index contributed by atoms with van der Waals surface area (Å²) in [6.45, 7) is -0.0755. The van der Waals surface area contributed by atoms with Gasteiger partial charge in [0.1, 0.15) is 29.6 Å². The predicted octanol–water partition coefficient (Wildman–Crippen LogP) is 3.97. The lowest BCUT2D eigenvalue weighted by Gasteiger charge is -2.12. The maximum absolute atomic E-state index is 14.3. The first-order valence-corrected chi connectivity index (χ1v) is 12.5. The summed E-state index contributed by atoms with van der Waals surface area (Å²) in [5, 5.41) is 10.3. The van der Waals surface area contributed by atoms with Crippen LogP contribution in [0.15, 0.2) is 58.8 Å². The lowest BCUT2D eigenvalue weighted by molar-refractivity contribution is 0.0914. The van der Waals surface area contributed by atoms with Gasteiger partial charge in [-0.2, -0.15) is 0 Å². The van der Waals surface area contributed by atoms with E-state index in [4.69, 9.17) is 19.3 Å². The number of fused-ring (bicyclic) bond motifs is 1. The first kappa shape index (κ1) is 26.2. The van der Waals surface area contributed by atoms with Gasteiger partial charge in [0.2, 0.25) is 0 Å². The Bertz CT molecular complexity index is 1420. The third-order valence-corrected chi connectivity index (χ3v) is 6.98. The van der Waals surface area contributed by atoms with Gasteiger partial charge in [-0.15, -0.1) is 0 Å². The molecule has 8 nitrogen and oxygen atoms in total. The SMILES string of the molecule is COc1cc(C(=O)CCC(=O)c2ccc(OC)c(C3=CS(=O)c4c(F)cccc43)n2)ccc1OCCO. The third-order valence-electron chi connectivity index (χ3n) is 5.72. The molecule has 4 rings (SSSR count). The Morgan fingerprint density at radius 1 is 0.973 bits per heavy atom. The van der Waals surface area contributed by atoms with Crippen LogP contribution in [0.4, 0.5) is 4.39 Å². The van der Waals surface area contributed by atoms with Gasteiger partial charge in [-0.25, -0.2) is 13.6 Å². The van der Waals surface area contributed by atoms with E-state index in [2.05, 4.69) is 4.98 Å². The summed E-state index contributed by atoms with van der Waals surface area (Å²) in [5.41, 5.74) is 1.54. The maximum Gasteiger partial charge on any atom is 0.181 e. The number of aliphatic hydroxyl groups excluding tert-OH is 1. The first-order valence-electron chi connectivity index (χ1n) is 11.3. The molecule has 0 spiro atoms. The van der Waals surface area contributed by atoms with Gasteiger partial charge in [0.15, 0.2) is 23.1 Å². The second-order valence-electron chi connectivity index (χ2n) is 7.98. The molecule has 0 saturated heterocycles. The lowest BCUT2D eigenvalue weighted by atomic mass is 10.0. The molecule has 37 heavy (non-hydrogen) atoms. The minimum Gasteiger partial charge on any atom is -0.494 e. The van der Waals surface area contributed by atoms with Gasteiger partial charge in [0, 0.05) is 34.9 Å². The van der Waals surface area contributed by atoms with E-state index in [1.165, 1.54) is 43.9 Å². The Morgan fingerprint density at radius 2 is 1.70 bits per heavy atom. The van der Waals surface area contributed by atoms with Crippen molar-refractivity contribution in [1.82, 2.24) is 4.98 Å². The minimum absolute atomic E-state index is 0.0619. The number of ether oxygens (including phenoxy) is 3. The normalized spacial score (nSPS) is 14.1. The molecule has 0 aliphatic carbocycles. The van der Waals surface area contributed by atoms with Crippen LogP contribution < -0.4 is 14.2 Å². The highest BCUT2D eigenvalue weighted by Crippen LogP contribution is 2.39. The minimum atomic E-state index is -1.70. The van der Waals surface area contributed by atoms with E-state index >= 15 is 0 Å². The molecule has 1 atom stereocenters. The number of ketones is 2. The summed E-state index contributed by atoms with van der Waals surface area (Å²) < 4.78 is 42.8. The van der Waals surface area contributed by atoms with Crippen molar-refractivity contribution in [2.75, 3.05) is 27.4 Å². The molecule has 1 aliphatic heterocycles. The maximum atomic E-state index is 14.3. The summed E-state index contributed by atoms with van der Waals surface area (Å²) in [7, 11) is 1.18. The zero-order chi connectivity index (χ0) is 26.5. The smallest absolute Gasteiger partial charge is 0.181 e. The van der Waals surface area contributed by atoms with E-state index in [-0.39, 0.29) is 53.9 Å².